The van der Waals surface area contributed by atoms with Gasteiger partial charge in [0.15, 0.2) is 0 Å². The number of benzene rings is 1. The second kappa shape index (κ2) is 6.13. The highest BCUT2D eigenvalue weighted by Gasteiger charge is 2.29. The zero-order chi connectivity index (χ0) is 15.5. The van der Waals surface area contributed by atoms with Crippen molar-refractivity contribution in [2.45, 2.75) is 19.8 Å². The number of esters is 1. The van der Waals surface area contributed by atoms with Crippen LogP contribution in [0.5, 0.6) is 0 Å². The highest BCUT2D eigenvalue weighted by molar-refractivity contribution is 5.87. The zero-order valence-corrected chi connectivity index (χ0v) is 12.4. The van der Waals surface area contributed by atoms with Gasteiger partial charge in [0.05, 0.1) is 18.0 Å². The summed E-state index contributed by atoms with van der Waals surface area (Å²) in [7, 11) is 0. The number of carbonyl (C=O) groups excluding carboxylic acids is 2. The lowest BCUT2D eigenvalue weighted by atomic mass is 9.97. The molecule has 0 bridgehead atoms. The van der Waals surface area contributed by atoms with Gasteiger partial charge in [-0.3, -0.25) is 4.79 Å². The first-order chi connectivity index (χ1) is 10.7. The predicted molar refractivity (Wildman–Crippen MR) is 79.3 cm³/mol. The van der Waals surface area contributed by atoms with Crippen molar-refractivity contribution in [3.05, 3.63) is 24.3 Å². The Hall–Kier alpha value is -2.44. The molecule has 1 fully saturated rings. The van der Waals surface area contributed by atoms with Crippen LogP contribution in [0.4, 0.5) is 4.79 Å². The van der Waals surface area contributed by atoms with Gasteiger partial charge in [0, 0.05) is 13.1 Å². The molecule has 2 heterocycles. The number of para-hydroxylation sites is 1. The smallest absolute Gasteiger partial charge is 0.346 e. The van der Waals surface area contributed by atoms with E-state index >= 15 is 0 Å². The molecule has 7 nitrogen and oxygen atoms in total. The molecule has 0 spiro atoms. The average molecular weight is 302 g/mol. The summed E-state index contributed by atoms with van der Waals surface area (Å²) >= 11 is 0. The number of aromatic nitrogens is 3. The Kier molecular flexibility index (Phi) is 4.04. The molecular weight excluding hydrogens is 284 g/mol. The van der Waals surface area contributed by atoms with Gasteiger partial charge in [0.25, 0.3) is 0 Å². The summed E-state index contributed by atoms with van der Waals surface area (Å²) in [4.78, 5) is 26.0. The molecule has 0 N–H and O–H groups in total. The molecular formula is C15H18N4O3. The predicted octanol–water partition coefficient (Wildman–Crippen LogP) is 1.67. The molecule has 116 valence electrons. The fourth-order valence-corrected chi connectivity index (χ4v) is 2.71. The van der Waals surface area contributed by atoms with Gasteiger partial charge in [-0.2, -0.15) is 4.68 Å². The largest absolute Gasteiger partial charge is 0.466 e. The molecule has 1 aliphatic heterocycles. The quantitative estimate of drug-likeness (QED) is 0.789. The molecule has 22 heavy (non-hydrogen) atoms. The second-order valence-electron chi connectivity index (χ2n) is 5.29. The number of amides is 1. The van der Waals surface area contributed by atoms with E-state index in [4.69, 9.17) is 4.74 Å². The molecule has 0 aliphatic carbocycles. The Morgan fingerprint density at radius 1 is 1.27 bits per heavy atom. The first-order valence-corrected chi connectivity index (χ1v) is 7.47. The lowest BCUT2D eigenvalue weighted by Crippen LogP contribution is -2.42. The number of piperidine rings is 1. The number of nitrogens with zero attached hydrogens (tertiary/aromatic N) is 4. The molecule has 2 aromatic rings. The van der Waals surface area contributed by atoms with Crippen LogP contribution in [0.15, 0.2) is 24.3 Å². The number of rotatable bonds is 2. The molecule has 1 aromatic heterocycles. The minimum Gasteiger partial charge on any atom is -0.466 e. The van der Waals surface area contributed by atoms with Crippen molar-refractivity contribution in [1.82, 2.24) is 19.9 Å². The van der Waals surface area contributed by atoms with Gasteiger partial charge in [0.2, 0.25) is 0 Å². The van der Waals surface area contributed by atoms with Crippen LogP contribution in [-0.2, 0) is 9.53 Å². The summed E-state index contributed by atoms with van der Waals surface area (Å²) < 4.78 is 6.36. The van der Waals surface area contributed by atoms with Gasteiger partial charge >= 0.3 is 12.0 Å². The maximum atomic E-state index is 12.5. The molecule has 1 aromatic carbocycles. The minimum absolute atomic E-state index is 0.114. The molecule has 1 aliphatic rings. The zero-order valence-electron chi connectivity index (χ0n) is 12.4. The van der Waals surface area contributed by atoms with Crippen LogP contribution in [0, 0.1) is 5.92 Å². The van der Waals surface area contributed by atoms with Crippen LogP contribution in [-0.4, -0.2) is 51.6 Å². The van der Waals surface area contributed by atoms with E-state index < -0.39 is 0 Å². The van der Waals surface area contributed by atoms with E-state index in [2.05, 4.69) is 10.3 Å². The number of likely N-dealkylation sites (tertiary alicyclic amines) is 1. The number of hydrogen-bond acceptors (Lipinski definition) is 5. The third kappa shape index (κ3) is 2.66. The Morgan fingerprint density at radius 2 is 2.00 bits per heavy atom. The fraction of sp³-hybridized carbons (Fsp3) is 0.467. The first kappa shape index (κ1) is 14.5. The lowest BCUT2D eigenvalue weighted by Gasteiger charge is -2.30. The number of ether oxygens (including phenoxy) is 1. The molecule has 0 saturated carbocycles. The van der Waals surface area contributed by atoms with Crippen molar-refractivity contribution >= 4 is 23.0 Å². The summed E-state index contributed by atoms with van der Waals surface area (Å²) in [5.74, 6) is -0.280. The Labute approximate surface area is 127 Å². The van der Waals surface area contributed by atoms with Gasteiger partial charge < -0.3 is 9.64 Å². The van der Waals surface area contributed by atoms with E-state index in [0.717, 1.165) is 0 Å². The van der Waals surface area contributed by atoms with Gasteiger partial charge in [-0.1, -0.05) is 17.3 Å². The van der Waals surface area contributed by atoms with Crippen molar-refractivity contribution in [1.29, 1.82) is 0 Å². The maximum absolute atomic E-state index is 12.5. The molecule has 0 unspecified atom stereocenters. The van der Waals surface area contributed by atoms with Gasteiger partial charge in [-0.25, -0.2) is 4.79 Å². The highest BCUT2D eigenvalue weighted by atomic mass is 16.5. The molecule has 0 radical (unpaired) electrons. The van der Waals surface area contributed by atoms with Gasteiger partial charge in [-0.15, -0.1) is 5.10 Å². The molecule has 0 atom stereocenters. The normalized spacial score (nSPS) is 16.0. The van der Waals surface area contributed by atoms with E-state index in [-0.39, 0.29) is 17.9 Å². The molecule has 7 heteroatoms. The maximum Gasteiger partial charge on any atom is 0.346 e. The third-order valence-electron chi connectivity index (χ3n) is 3.92. The number of fused-ring (bicyclic) bond motifs is 1. The Bertz CT molecular complexity index is 689. The van der Waals surface area contributed by atoms with E-state index in [9.17, 15) is 9.59 Å². The fourth-order valence-electron chi connectivity index (χ4n) is 2.71. The van der Waals surface area contributed by atoms with Crippen molar-refractivity contribution in [3.8, 4) is 0 Å². The van der Waals surface area contributed by atoms with E-state index in [1.165, 1.54) is 4.68 Å². The Balaban J connectivity index is 1.69. The van der Waals surface area contributed by atoms with E-state index in [0.29, 0.717) is 43.6 Å². The van der Waals surface area contributed by atoms with Crippen LogP contribution in [0.2, 0.25) is 0 Å². The first-order valence-electron chi connectivity index (χ1n) is 7.47. The van der Waals surface area contributed by atoms with Crippen molar-refractivity contribution < 1.29 is 14.3 Å². The Morgan fingerprint density at radius 3 is 2.73 bits per heavy atom. The van der Waals surface area contributed by atoms with Gasteiger partial charge in [-0.05, 0) is 31.9 Å². The third-order valence-corrected chi connectivity index (χ3v) is 3.92. The standard InChI is InChI=1S/C15H18N4O3/c1-2-22-14(20)11-7-9-18(10-8-11)15(21)19-13-6-4-3-5-12(13)16-17-19/h3-6,11H,2,7-10H2,1H3. The molecule has 1 saturated heterocycles. The summed E-state index contributed by atoms with van der Waals surface area (Å²) in [5, 5.41) is 7.93. The van der Waals surface area contributed by atoms with Crippen molar-refractivity contribution in [3.63, 3.8) is 0 Å². The van der Waals surface area contributed by atoms with Crippen LogP contribution in [0.1, 0.15) is 19.8 Å². The highest BCUT2D eigenvalue weighted by Crippen LogP contribution is 2.20. The number of carbonyl (C=O) groups is 2. The summed E-state index contributed by atoms with van der Waals surface area (Å²) in [6.07, 6.45) is 1.24. The van der Waals surface area contributed by atoms with Crippen LogP contribution in [0.3, 0.4) is 0 Å². The second-order valence-corrected chi connectivity index (χ2v) is 5.29. The SMILES string of the molecule is CCOC(=O)C1CCN(C(=O)n2nnc3ccccc32)CC1. The topological polar surface area (TPSA) is 77.3 Å². The van der Waals surface area contributed by atoms with Crippen molar-refractivity contribution in [2.75, 3.05) is 19.7 Å². The van der Waals surface area contributed by atoms with Crippen LogP contribution < -0.4 is 0 Å². The minimum atomic E-state index is -0.198. The number of hydrogen-bond donors (Lipinski definition) is 0. The average Bonchev–Trinajstić information content (AvgIpc) is 2.98. The molecule has 3 rings (SSSR count). The van der Waals surface area contributed by atoms with E-state index in [1.54, 1.807) is 11.8 Å². The van der Waals surface area contributed by atoms with Crippen LogP contribution >= 0.6 is 0 Å². The van der Waals surface area contributed by atoms with Crippen molar-refractivity contribution in [2.24, 2.45) is 5.92 Å². The lowest BCUT2D eigenvalue weighted by molar-refractivity contribution is -0.149. The monoisotopic (exact) mass is 302 g/mol. The summed E-state index contributed by atoms with van der Waals surface area (Å²) in [5.41, 5.74) is 1.39. The molecule has 1 amide bonds. The van der Waals surface area contributed by atoms with E-state index in [1.807, 2.05) is 24.3 Å². The summed E-state index contributed by atoms with van der Waals surface area (Å²) in [6, 6.07) is 7.15. The van der Waals surface area contributed by atoms with Gasteiger partial charge in [0.1, 0.15) is 5.52 Å². The summed E-state index contributed by atoms with van der Waals surface area (Å²) in [6.45, 7) is 3.24. The van der Waals surface area contributed by atoms with Crippen LogP contribution in [0.25, 0.3) is 11.0 Å².